The van der Waals surface area contributed by atoms with Gasteiger partial charge in [-0.3, -0.25) is 0 Å². The summed E-state index contributed by atoms with van der Waals surface area (Å²) in [5, 5.41) is 9.74. The van der Waals surface area contributed by atoms with E-state index in [1.807, 2.05) is 18.2 Å². The normalized spacial score (nSPS) is 9.54. The molecule has 0 aromatic heterocycles. The zero-order valence-electron chi connectivity index (χ0n) is 7.46. The molecule has 1 aromatic carbocycles. The van der Waals surface area contributed by atoms with Gasteiger partial charge in [0, 0.05) is 5.33 Å². The number of hydrogen-bond donors (Lipinski definition) is 0. The summed E-state index contributed by atoms with van der Waals surface area (Å²) in [4.78, 5) is 0. The molecule has 1 aromatic rings. The molecule has 0 amide bonds. The molecule has 0 N–H and O–H groups in total. The molecule has 0 aliphatic rings. The first-order valence-electron chi connectivity index (χ1n) is 4.42. The fourth-order valence-corrected chi connectivity index (χ4v) is 1.62. The van der Waals surface area contributed by atoms with E-state index in [4.69, 9.17) is 5.26 Å². The molecule has 0 radical (unpaired) electrons. The van der Waals surface area contributed by atoms with Crippen LogP contribution in [-0.4, -0.2) is 5.33 Å². The third-order valence-electron chi connectivity index (χ3n) is 1.91. The standard InChI is InChI=1S/C11H12BrN/c12-7-2-1-4-10-5-3-6-11(8-10)9-13/h3,5-6,8H,1-2,4,7H2. The van der Waals surface area contributed by atoms with Crippen molar-refractivity contribution in [2.24, 2.45) is 0 Å². The summed E-state index contributed by atoms with van der Waals surface area (Å²) in [5.74, 6) is 0. The molecule has 0 unspecified atom stereocenters. The van der Waals surface area contributed by atoms with E-state index in [2.05, 4.69) is 28.1 Å². The number of nitrogens with zero attached hydrogens (tertiary/aromatic N) is 1. The number of unbranched alkanes of at least 4 members (excludes halogenated alkanes) is 1. The van der Waals surface area contributed by atoms with E-state index in [9.17, 15) is 0 Å². The first-order valence-corrected chi connectivity index (χ1v) is 5.54. The quantitative estimate of drug-likeness (QED) is 0.583. The lowest BCUT2D eigenvalue weighted by molar-refractivity contribution is 0.806. The largest absolute Gasteiger partial charge is 0.192 e. The molecule has 1 rings (SSSR count). The van der Waals surface area contributed by atoms with E-state index in [-0.39, 0.29) is 0 Å². The van der Waals surface area contributed by atoms with Gasteiger partial charge in [0.2, 0.25) is 0 Å². The first-order chi connectivity index (χ1) is 6.36. The van der Waals surface area contributed by atoms with Crippen molar-refractivity contribution in [3.8, 4) is 6.07 Å². The zero-order valence-corrected chi connectivity index (χ0v) is 9.05. The van der Waals surface area contributed by atoms with Gasteiger partial charge in [-0.25, -0.2) is 0 Å². The van der Waals surface area contributed by atoms with Crippen molar-refractivity contribution in [2.45, 2.75) is 19.3 Å². The Hall–Kier alpha value is -0.810. The molecule has 0 saturated carbocycles. The van der Waals surface area contributed by atoms with E-state index in [1.165, 1.54) is 18.4 Å². The maximum atomic E-state index is 8.68. The summed E-state index contributed by atoms with van der Waals surface area (Å²) < 4.78 is 0. The van der Waals surface area contributed by atoms with Crippen LogP contribution in [0.15, 0.2) is 24.3 Å². The summed E-state index contributed by atoms with van der Waals surface area (Å²) in [6.45, 7) is 0. The van der Waals surface area contributed by atoms with Gasteiger partial charge in [0.25, 0.3) is 0 Å². The monoisotopic (exact) mass is 237 g/mol. The van der Waals surface area contributed by atoms with Crippen LogP contribution < -0.4 is 0 Å². The molecule has 0 bridgehead atoms. The Labute approximate surface area is 87.5 Å². The summed E-state index contributed by atoms with van der Waals surface area (Å²) in [5.41, 5.74) is 2.02. The smallest absolute Gasteiger partial charge is 0.0991 e. The second-order valence-electron chi connectivity index (χ2n) is 2.96. The van der Waals surface area contributed by atoms with Crippen molar-refractivity contribution in [1.29, 1.82) is 5.26 Å². The zero-order chi connectivity index (χ0) is 9.52. The van der Waals surface area contributed by atoms with Crippen LogP contribution in [0.1, 0.15) is 24.0 Å². The SMILES string of the molecule is N#Cc1cccc(CCCCBr)c1. The van der Waals surface area contributed by atoms with Gasteiger partial charge in [-0.2, -0.15) is 5.26 Å². The number of rotatable bonds is 4. The van der Waals surface area contributed by atoms with Crippen LogP contribution in [-0.2, 0) is 6.42 Å². The molecular formula is C11H12BrN. The van der Waals surface area contributed by atoms with Crippen molar-refractivity contribution in [3.05, 3.63) is 35.4 Å². The van der Waals surface area contributed by atoms with E-state index < -0.39 is 0 Å². The van der Waals surface area contributed by atoms with Gasteiger partial charge < -0.3 is 0 Å². The molecule has 0 spiro atoms. The van der Waals surface area contributed by atoms with Crippen molar-refractivity contribution in [2.75, 3.05) is 5.33 Å². The fourth-order valence-electron chi connectivity index (χ4n) is 1.22. The summed E-state index contributed by atoms with van der Waals surface area (Å²) in [7, 11) is 0. The molecule has 0 aliphatic carbocycles. The molecule has 0 aliphatic heterocycles. The van der Waals surface area contributed by atoms with Gasteiger partial charge in [0.1, 0.15) is 0 Å². The fraction of sp³-hybridized carbons (Fsp3) is 0.364. The number of halogens is 1. The van der Waals surface area contributed by atoms with Crippen molar-refractivity contribution < 1.29 is 0 Å². The number of hydrogen-bond acceptors (Lipinski definition) is 1. The first kappa shape index (κ1) is 10.3. The number of aryl methyl sites for hydroxylation is 1. The second kappa shape index (κ2) is 5.77. The molecule has 0 fully saturated rings. The Balaban J connectivity index is 2.52. The Morgan fingerprint density at radius 1 is 1.31 bits per heavy atom. The van der Waals surface area contributed by atoms with Crippen LogP contribution in [0.4, 0.5) is 0 Å². The molecule has 13 heavy (non-hydrogen) atoms. The lowest BCUT2D eigenvalue weighted by atomic mass is 10.1. The van der Waals surface area contributed by atoms with Crippen molar-refractivity contribution >= 4 is 15.9 Å². The third kappa shape index (κ3) is 3.61. The summed E-state index contributed by atoms with van der Waals surface area (Å²) in [6, 6.07) is 9.98. The lowest BCUT2D eigenvalue weighted by Gasteiger charge is -1.99. The summed E-state index contributed by atoms with van der Waals surface area (Å²) in [6.07, 6.45) is 3.44. The molecule has 1 nitrogen and oxygen atoms in total. The molecular weight excluding hydrogens is 226 g/mol. The molecule has 0 heterocycles. The topological polar surface area (TPSA) is 23.8 Å². The van der Waals surface area contributed by atoms with E-state index in [0.29, 0.717) is 0 Å². The van der Waals surface area contributed by atoms with Crippen molar-refractivity contribution in [1.82, 2.24) is 0 Å². The third-order valence-corrected chi connectivity index (χ3v) is 2.47. The van der Waals surface area contributed by atoms with E-state index >= 15 is 0 Å². The highest BCUT2D eigenvalue weighted by Crippen LogP contribution is 2.08. The van der Waals surface area contributed by atoms with E-state index in [0.717, 1.165) is 17.3 Å². The highest BCUT2D eigenvalue weighted by atomic mass is 79.9. The van der Waals surface area contributed by atoms with Crippen LogP contribution in [0.5, 0.6) is 0 Å². The van der Waals surface area contributed by atoms with Gasteiger partial charge >= 0.3 is 0 Å². The summed E-state index contributed by atoms with van der Waals surface area (Å²) >= 11 is 3.40. The molecule has 68 valence electrons. The van der Waals surface area contributed by atoms with Crippen LogP contribution in [0, 0.1) is 11.3 Å². The van der Waals surface area contributed by atoms with Crippen molar-refractivity contribution in [3.63, 3.8) is 0 Å². The Kier molecular flexibility index (Phi) is 4.56. The Morgan fingerprint density at radius 2 is 2.15 bits per heavy atom. The maximum Gasteiger partial charge on any atom is 0.0991 e. The van der Waals surface area contributed by atoms with Crippen LogP contribution in [0.3, 0.4) is 0 Å². The molecule has 0 atom stereocenters. The minimum atomic E-state index is 0.761. The molecule has 0 saturated heterocycles. The van der Waals surface area contributed by atoms with Gasteiger partial charge in [0.05, 0.1) is 11.6 Å². The minimum absolute atomic E-state index is 0.761. The van der Waals surface area contributed by atoms with Gasteiger partial charge in [-0.1, -0.05) is 28.1 Å². The second-order valence-corrected chi connectivity index (χ2v) is 3.75. The Morgan fingerprint density at radius 3 is 2.85 bits per heavy atom. The van der Waals surface area contributed by atoms with Gasteiger partial charge in [-0.05, 0) is 37.0 Å². The number of benzene rings is 1. The average Bonchev–Trinajstić information content (AvgIpc) is 2.19. The minimum Gasteiger partial charge on any atom is -0.192 e. The van der Waals surface area contributed by atoms with Crippen LogP contribution >= 0.6 is 15.9 Å². The highest BCUT2D eigenvalue weighted by molar-refractivity contribution is 9.09. The average molecular weight is 238 g/mol. The number of nitriles is 1. The maximum absolute atomic E-state index is 8.68. The molecule has 2 heteroatoms. The van der Waals surface area contributed by atoms with Crippen LogP contribution in [0.25, 0.3) is 0 Å². The predicted molar refractivity (Wildman–Crippen MR) is 57.9 cm³/mol. The highest BCUT2D eigenvalue weighted by Gasteiger charge is 1.94. The lowest BCUT2D eigenvalue weighted by Crippen LogP contribution is -1.87. The van der Waals surface area contributed by atoms with Gasteiger partial charge in [-0.15, -0.1) is 0 Å². The Bertz CT molecular complexity index is 301. The van der Waals surface area contributed by atoms with E-state index in [1.54, 1.807) is 0 Å². The van der Waals surface area contributed by atoms with Gasteiger partial charge in [0.15, 0.2) is 0 Å². The number of alkyl halides is 1. The van der Waals surface area contributed by atoms with Crippen LogP contribution in [0.2, 0.25) is 0 Å². The predicted octanol–water partition coefficient (Wildman–Crippen LogP) is 3.28.